The van der Waals surface area contributed by atoms with Gasteiger partial charge in [-0.05, 0) is 31.9 Å². The highest BCUT2D eigenvalue weighted by Crippen LogP contribution is 2.14. The van der Waals surface area contributed by atoms with Crippen LogP contribution < -0.4 is 11.2 Å². The number of hydrogen-bond acceptors (Lipinski definition) is 10. The van der Waals surface area contributed by atoms with Crippen LogP contribution in [0.25, 0.3) is 0 Å². The highest BCUT2D eigenvalue weighted by molar-refractivity contribution is 6.69. The first-order valence-electron chi connectivity index (χ1n) is 9.11. The number of anilines is 1. The van der Waals surface area contributed by atoms with Gasteiger partial charge in [-0.15, -0.1) is 5.10 Å². The van der Waals surface area contributed by atoms with Gasteiger partial charge in [0.1, 0.15) is 12.8 Å². The van der Waals surface area contributed by atoms with Crippen molar-refractivity contribution in [3.8, 4) is 0 Å². The lowest BCUT2D eigenvalue weighted by Gasteiger charge is -2.18. The monoisotopic (exact) mass is 424 g/mol. The van der Waals surface area contributed by atoms with Crippen molar-refractivity contribution in [1.29, 1.82) is 0 Å². The number of nitrogens with two attached hydrogens (primary N) is 1. The maximum absolute atomic E-state index is 13.3. The molecule has 0 radical (unpaired) electrons. The van der Waals surface area contributed by atoms with Gasteiger partial charge in [-0.25, -0.2) is 8.78 Å². The molecule has 30 heavy (non-hydrogen) atoms. The average Bonchev–Trinajstić information content (AvgIpc) is 3.06. The van der Waals surface area contributed by atoms with Crippen LogP contribution in [-0.2, 0) is 19.2 Å². The highest BCUT2D eigenvalue weighted by atomic mass is 19.2. The number of hydrazone groups is 1. The Morgan fingerprint density at radius 1 is 1.33 bits per heavy atom. The molecule has 0 unspecified atom stereocenters. The van der Waals surface area contributed by atoms with E-state index in [1.54, 1.807) is 6.92 Å². The number of amidine groups is 1. The first-order chi connectivity index (χ1) is 14.4. The zero-order chi connectivity index (χ0) is 21.9. The molecule has 0 fully saturated rings. The molecule has 2 rings (SSSR count). The van der Waals surface area contributed by atoms with Crippen molar-refractivity contribution in [2.24, 2.45) is 21.0 Å². The average molecular weight is 424 g/mol. The second-order valence-corrected chi connectivity index (χ2v) is 5.96. The fourth-order valence-corrected chi connectivity index (χ4v) is 2.36. The second kappa shape index (κ2) is 11.7. The van der Waals surface area contributed by atoms with Crippen molar-refractivity contribution in [2.45, 2.75) is 19.8 Å². The van der Waals surface area contributed by atoms with E-state index >= 15 is 0 Å². The lowest BCUT2D eigenvalue weighted by atomic mass is 10.1. The van der Waals surface area contributed by atoms with E-state index in [1.165, 1.54) is 11.1 Å². The van der Waals surface area contributed by atoms with E-state index in [4.69, 9.17) is 15.3 Å². The lowest BCUT2D eigenvalue weighted by Crippen LogP contribution is -2.33. The standard InChI is InChI=1S/C18H22F2N6O4/c1-2-29-16(28)11-26(7-8-27)30-9-3-4-15-17(18(21)25-23-15)24-22-12-5-6-13(19)14(20)10-12/h5-6,8,10,22H,2-4,7,9,11H2,1H3,(H2,21,24,25). The summed E-state index contributed by atoms with van der Waals surface area (Å²) in [6.07, 6.45) is 1.46. The maximum Gasteiger partial charge on any atom is 0.322 e. The van der Waals surface area contributed by atoms with Gasteiger partial charge in [0.2, 0.25) is 0 Å². The Morgan fingerprint density at radius 3 is 2.83 bits per heavy atom. The first kappa shape index (κ1) is 23.0. The first-order valence-corrected chi connectivity index (χ1v) is 9.11. The molecule has 0 atom stereocenters. The molecule has 0 amide bonds. The number of hydrogen-bond donors (Lipinski definition) is 2. The summed E-state index contributed by atoms with van der Waals surface area (Å²) in [6, 6.07) is 3.25. The van der Waals surface area contributed by atoms with Crippen molar-refractivity contribution in [1.82, 2.24) is 5.06 Å². The number of benzene rings is 1. The van der Waals surface area contributed by atoms with Gasteiger partial charge >= 0.3 is 5.97 Å². The number of hydroxylamine groups is 2. The fourth-order valence-electron chi connectivity index (χ4n) is 2.36. The molecule has 0 spiro atoms. The molecule has 1 aromatic carbocycles. The number of nitrogens with zero attached hydrogens (tertiary/aromatic N) is 4. The van der Waals surface area contributed by atoms with E-state index in [0.29, 0.717) is 24.8 Å². The Hall–Kier alpha value is -3.25. The van der Waals surface area contributed by atoms with Crippen LogP contribution in [-0.4, -0.2) is 60.9 Å². The molecule has 1 aliphatic rings. The van der Waals surface area contributed by atoms with Crippen LogP contribution in [0.5, 0.6) is 0 Å². The van der Waals surface area contributed by atoms with Gasteiger partial charge in [0.25, 0.3) is 0 Å². The van der Waals surface area contributed by atoms with Gasteiger partial charge in [0.15, 0.2) is 23.2 Å². The Labute approximate surface area is 171 Å². The second-order valence-electron chi connectivity index (χ2n) is 5.96. The molecule has 3 N–H and O–H groups in total. The number of carbonyl (C=O) groups excluding carboxylic acids is 2. The topological polar surface area (TPSA) is 131 Å². The molecular formula is C18H22F2N6O4. The van der Waals surface area contributed by atoms with Crippen LogP contribution in [0.15, 0.2) is 33.5 Å². The molecule has 0 aliphatic carbocycles. The summed E-state index contributed by atoms with van der Waals surface area (Å²) in [5, 5.41) is 13.0. The zero-order valence-electron chi connectivity index (χ0n) is 16.3. The van der Waals surface area contributed by atoms with Crippen molar-refractivity contribution < 1.29 is 27.9 Å². The Balaban J connectivity index is 1.85. The molecular weight excluding hydrogens is 402 g/mol. The molecule has 12 heteroatoms. The molecule has 162 valence electrons. The van der Waals surface area contributed by atoms with Crippen LogP contribution in [0.3, 0.4) is 0 Å². The summed E-state index contributed by atoms with van der Waals surface area (Å²) in [7, 11) is 0. The van der Waals surface area contributed by atoms with Gasteiger partial charge in [-0.1, -0.05) is 0 Å². The normalized spacial score (nSPS) is 14.6. The Morgan fingerprint density at radius 2 is 2.13 bits per heavy atom. The minimum atomic E-state index is -1.01. The van der Waals surface area contributed by atoms with Gasteiger partial charge in [0.05, 0.1) is 31.2 Å². The van der Waals surface area contributed by atoms with E-state index in [2.05, 4.69) is 20.7 Å². The summed E-state index contributed by atoms with van der Waals surface area (Å²) in [5.41, 5.74) is 9.32. The predicted molar refractivity (Wildman–Crippen MR) is 106 cm³/mol. The van der Waals surface area contributed by atoms with Gasteiger partial charge in [-0.2, -0.15) is 15.3 Å². The fraction of sp³-hybridized carbons (Fsp3) is 0.389. The van der Waals surface area contributed by atoms with Crippen LogP contribution in [0.1, 0.15) is 19.8 Å². The van der Waals surface area contributed by atoms with Gasteiger partial charge in [-0.3, -0.25) is 15.1 Å². The van der Waals surface area contributed by atoms with E-state index < -0.39 is 17.6 Å². The number of esters is 1. The van der Waals surface area contributed by atoms with E-state index in [-0.39, 0.29) is 43.5 Å². The van der Waals surface area contributed by atoms with E-state index in [1.807, 2.05) is 0 Å². The number of aldehydes is 1. The smallest absolute Gasteiger partial charge is 0.322 e. The summed E-state index contributed by atoms with van der Waals surface area (Å²) in [4.78, 5) is 27.6. The number of nitrogens with one attached hydrogen (secondary N) is 1. The third kappa shape index (κ3) is 6.97. The van der Waals surface area contributed by atoms with Crippen LogP contribution in [0.4, 0.5) is 14.5 Å². The van der Waals surface area contributed by atoms with Crippen molar-refractivity contribution in [3.05, 3.63) is 29.8 Å². The van der Waals surface area contributed by atoms with Crippen molar-refractivity contribution >= 4 is 35.2 Å². The molecule has 0 aromatic heterocycles. The lowest BCUT2D eigenvalue weighted by molar-refractivity contribution is -0.179. The summed E-state index contributed by atoms with van der Waals surface area (Å²) in [5.74, 6) is -2.41. The highest BCUT2D eigenvalue weighted by Gasteiger charge is 2.20. The summed E-state index contributed by atoms with van der Waals surface area (Å²) in [6.45, 7) is 1.85. The van der Waals surface area contributed by atoms with E-state index in [0.717, 1.165) is 12.1 Å². The minimum Gasteiger partial charge on any atom is -0.465 e. The minimum absolute atomic E-state index is 0.0749. The molecule has 1 aromatic rings. The predicted octanol–water partition coefficient (Wildman–Crippen LogP) is 1.24. The number of rotatable bonds is 12. The molecule has 0 saturated heterocycles. The zero-order valence-corrected chi connectivity index (χ0v) is 16.3. The van der Waals surface area contributed by atoms with Crippen LogP contribution in [0, 0.1) is 11.6 Å². The number of ether oxygens (including phenoxy) is 1. The molecule has 0 bridgehead atoms. The number of halogens is 2. The van der Waals surface area contributed by atoms with E-state index in [9.17, 15) is 18.4 Å². The van der Waals surface area contributed by atoms with Crippen LogP contribution >= 0.6 is 0 Å². The third-order valence-electron chi connectivity index (χ3n) is 3.73. The quantitative estimate of drug-likeness (QED) is 0.223. The van der Waals surface area contributed by atoms with Crippen LogP contribution in [0.2, 0.25) is 0 Å². The maximum atomic E-state index is 13.3. The Kier molecular flexibility index (Phi) is 8.97. The third-order valence-corrected chi connectivity index (χ3v) is 3.73. The number of carbonyl (C=O) groups is 2. The summed E-state index contributed by atoms with van der Waals surface area (Å²) >= 11 is 0. The largest absolute Gasteiger partial charge is 0.465 e. The molecule has 0 saturated carbocycles. The van der Waals surface area contributed by atoms with Gasteiger partial charge in [0, 0.05) is 6.07 Å². The molecule has 1 heterocycles. The van der Waals surface area contributed by atoms with Crippen molar-refractivity contribution in [2.75, 3.05) is 31.7 Å². The molecule has 1 aliphatic heterocycles. The van der Waals surface area contributed by atoms with Gasteiger partial charge < -0.3 is 15.3 Å². The SMILES string of the molecule is CCOC(=O)CN(CC=O)OCCCC1=NN=C(N)C1=NNc1ccc(F)c(F)c1. The molecule has 10 nitrogen and oxygen atoms in total. The summed E-state index contributed by atoms with van der Waals surface area (Å²) < 4.78 is 31.1. The van der Waals surface area contributed by atoms with Crippen molar-refractivity contribution in [3.63, 3.8) is 0 Å². The Bertz CT molecular complexity index is 859.